The fourth-order valence-electron chi connectivity index (χ4n) is 4.88. The van der Waals surface area contributed by atoms with Gasteiger partial charge in [-0.3, -0.25) is 0 Å². The fraction of sp³-hybridized carbons (Fsp3) is 0.188. The van der Waals surface area contributed by atoms with E-state index < -0.39 is 0 Å². The van der Waals surface area contributed by atoms with Crippen LogP contribution in [-0.2, 0) is 0 Å². The summed E-state index contributed by atoms with van der Waals surface area (Å²) in [6.07, 6.45) is 4.00. The lowest BCUT2D eigenvalue weighted by Gasteiger charge is -2.22. The number of hydrogen-bond acceptors (Lipinski definition) is 0. The molecule has 4 aromatic carbocycles. The summed E-state index contributed by atoms with van der Waals surface area (Å²) in [6.45, 7) is 21.6. The van der Waals surface area contributed by atoms with Crippen LogP contribution in [0.15, 0.2) is 61.7 Å². The Kier molecular flexibility index (Phi) is 5.65. The highest BCUT2D eigenvalue weighted by atomic mass is 14.2. The summed E-state index contributed by atoms with van der Waals surface area (Å²) in [6, 6.07) is 18.0. The molecule has 0 nitrogen and oxygen atoms in total. The van der Waals surface area contributed by atoms with Gasteiger partial charge in [0.2, 0.25) is 0 Å². The van der Waals surface area contributed by atoms with E-state index >= 15 is 0 Å². The molecule has 4 aromatic rings. The van der Waals surface area contributed by atoms with E-state index in [1.807, 2.05) is 12.2 Å². The maximum Gasteiger partial charge on any atom is -0.00264 e. The Morgan fingerprint density at radius 1 is 0.531 bits per heavy atom. The molecule has 32 heavy (non-hydrogen) atoms. The van der Waals surface area contributed by atoms with Crippen LogP contribution in [0.3, 0.4) is 0 Å². The number of benzene rings is 4. The van der Waals surface area contributed by atoms with Crippen molar-refractivity contribution in [2.45, 2.75) is 41.5 Å². The Balaban J connectivity index is 2.21. The minimum absolute atomic E-state index is 1.15. The predicted octanol–water partition coefficient (Wildman–Crippen LogP) is 9.31. The van der Waals surface area contributed by atoms with Crippen molar-refractivity contribution in [2.24, 2.45) is 0 Å². The minimum Gasteiger partial charge on any atom is -0.0984 e. The molecular formula is C32H32. The van der Waals surface area contributed by atoms with Gasteiger partial charge in [0, 0.05) is 0 Å². The monoisotopic (exact) mass is 416 g/mol. The molecule has 0 heteroatoms. The average molecular weight is 417 g/mol. The first-order valence-electron chi connectivity index (χ1n) is 11.3. The van der Waals surface area contributed by atoms with E-state index in [0.29, 0.717) is 0 Å². The van der Waals surface area contributed by atoms with E-state index in [-0.39, 0.29) is 0 Å². The summed E-state index contributed by atoms with van der Waals surface area (Å²) < 4.78 is 0. The van der Waals surface area contributed by atoms with Gasteiger partial charge in [-0.2, -0.15) is 0 Å². The van der Waals surface area contributed by atoms with Crippen molar-refractivity contribution in [3.8, 4) is 22.3 Å². The Hall–Kier alpha value is -3.38. The van der Waals surface area contributed by atoms with E-state index in [1.54, 1.807) is 0 Å². The number of aryl methyl sites for hydroxylation is 4. The van der Waals surface area contributed by atoms with Gasteiger partial charge in [0.05, 0.1) is 0 Å². The Morgan fingerprint density at radius 3 is 1.12 bits per heavy atom. The molecular weight excluding hydrogens is 384 g/mol. The molecule has 0 fully saturated rings. The number of fused-ring (bicyclic) bond motifs is 1. The lowest BCUT2D eigenvalue weighted by molar-refractivity contribution is 1.27. The van der Waals surface area contributed by atoms with Gasteiger partial charge in [0.15, 0.2) is 0 Å². The van der Waals surface area contributed by atoms with Crippen LogP contribution in [0.5, 0.6) is 0 Å². The van der Waals surface area contributed by atoms with Crippen LogP contribution in [0, 0.1) is 41.5 Å². The van der Waals surface area contributed by atoms with Crippen molar-refractivity contribution < 1.29 is 0 Å². The Bertz CT molecular complexity index is 1240. The molecule has 0 saturated carbocycles. The Morgan fingerprint density at radius 2 is 0.844 bits per heavy atom. The second-order valence-electron chi connectivity index (χ2n) is 9.00. The van der Waals surface area contributed by atoms with Crippen molar-refractivity contribution in [3.05, 3.63) is 106 Å². The number of hydrogen-bond donors (Lipinski definition) is 0. The van der Waals surface area contributed by atoms with Crippen LogP contribution in [0.25, 0.3) is 45.2 Å². The molecule has 0 spiro atoms. The molecule has 4 rings (SSSR count). The van der Waals surface area contributed by atoms with Crippen LogP contribution < -0.4 is 0 Å². The summed E-state index contributed by atoms with van der Waals surface area (Å²) in [5.41, 5.74) is 15.2. The molecule has 0 N–H and O–H groups in total. The molecule has 0 bridgehead atoms. The van der Waals surface area contributed by atoms with E-state index in [9.17, 15) is 0 Å². The highest BCUT2D eigenvalue weighted by Gasteiger charge is 2.20. The minimum atomic E-state index is 1.15. The molecule has 0 aliphatic carbocycles. The Labute approximate surface area is 192 Å². The first-order chi connectivity index (χ1) is 15.3. The molecule has 0 radical (unpaired) electrons. The van der Waals surface area contributed by atoms with Gasteiger partial charge in [-0.25, -0.2) is 0 Å². The molecule has 0 aliphatic heterocycles. The summed E-state index contributed by atoms with van der Waals surface area (Å²) in [7, 11) is 0. The zero-order valence-corrected chi connectivity index (χ0v) is 20.2. The molecule has 0 unspecified atom stereocenters. The third-order valence-corrected chi connectivity index (χ3v) is 7.13. The van der Waals surface area contributed by atoms with Crippen molar-refractivity contribution >= 4 is 22.9 Å². The molecule has 0 aromatic heterocycles. The smallest absolute Gasteiger partial charge is 0.00264 e. The molecule has 0 heterocycles. The normalized spacial score (nSPS) is 11.1. The lowest BCUT2D eigenvalue weighted by Crippen LogP contribution is -1.98. The second-order valence-corrected chi connectivity index (χ2v) is 9.00. The zero-order chi connectivity index (χ0) is 23.2. The first kappa shape index (κ1) is 21.8. The summed E-state index contributed by atoms with van der Waals surface area (Å²) in [5, 5.41) is 2.50. The largest absolute Gasteiger partial charge is 0.0984 e. The van der Waals surface area contributed by atoms with E-state index in [2.05, 4.69) is 103 Å². The summed E-state index contributed by atoms with van der Waals surface area (Å²) in [5.74, 6) is 0. The van der Waals surface area contributed by atoms with E-state index in [0.717, 1.165) is 11.1 Å². The van der Waals surface area contributed by atoms with Gasteiger partial charge in [-0.1, -0.05) is 73.8 Å². The van der Waals surface area contributed by atoms with Gasteiger partial charge in [-0.05, 0) is 119 Å². The van der Waals surface area contributed by atoms with Crippen molar-refractivity contribution in [1.82, 2.24) is 0 Å². The van der Waals surface area contributed by atoms with Crippen LogP contribution in [-0.4, -0.2) is 0 Å². The molecule has 0 aliphatic rings. The van der Waals surface area contributed by atoms with Gasteiger partial charge < -0.3 is 0 Å². The highest BCUT2D eigenvalue weighted by molar-refractivity contribution is 6.11. The summed E-state index contributed by atoms with van der Waals surface area (Å²) >= 11 is 0. The standard InChI is InChI=1S/C32H32/c1-9-27-28(10-2)32(26-17-21(5)24(8)22(6)18-26)30-14-12-11-13-29(30)31(27)25-15-19(3)23(7)20(4)16-25/h9-18H,1-2H2,3-8H3. The van der Waals surface area contributed by atoms with Crippen LogP contribution in [0.1, 0.15) is 44.5 Å². The highest BCUT2D eigenvalue weighted by Crippen LogP contribution is 2.44. The van der Waals surface area contributed by atoms with E-state index in [1.165, 1.54) is 66.4 Å². The van der Waals surface area contributed by atoms with Crippen molar-refractivity contribution in [1.29, 1.82) is 0 Å². The topological polar surface area (TPSA) is 0 Å². The van der Waals surface area contributed by atoms with Gasteiger partial charge in [0.1, 0.15) is 0 Å². The molecule has 160 valence electrons. The van der Waals surface area contributed by atoms with Crippen LogP contribution in [0.2, 0.25) is 0 Å². The third-order valence-electron chi connectivity index (χ3n) is 7.13. The van der Waals surface area contributed by atoms with Crippen molar-refractivity contribution in [2.75, 3.05) is 0 Å². The maximum atomic E-state index is 4.23. The SMILES string of the molecule is C=Cc1c(C=C)c(-c2cc(C)c(C)c(C)c2)c2ccccc2c1-c1cc(C)c(C)c(C)c1. The lowest BCUT2D eigenvalue weighted by atomic mass is 9.82. The van der Waals surface area contributed by atoms with Crippen LogP contribution >= 0.6 is 0 Å². The first-order valence-corrected chi connectivity index (χ1v) is 11.3. The van der Waals surface area contributed by atoms with Crippen molar-refractivity contribution in [3.63, 3.8) is 0 Å². The van der Waals surface area contributed by atoms with Gasteiger partial charge in [0.25, 0.3) is 0 Å². The molecule has 0 amide bonds. The zero-order valence-electron chi connectivity index (χ0n) is 20.2. The molecule has 0 atom stereocenters. The quantitative estimate of drug-likeness (QED) is 0.311. The molecule has 0 saturated heterocycles. The third kappa shape index (κ3) is 3.41. The van der Waals surface area contributed by atoms with Gasteiger partial charge >= 0.3 is 0 Å². The second kappa shape index (κ2) is 8.28. The summed E-state index contributed by atoms with van der Waals surface area (Å²) in [4.78, 5) is 0. The van der Waals surface area contributed by atoms with E-state index in [4.69, 9.17) is 0 Å². The number of rotatable bonds is 4. The fourth-order valence-corrected chi connectivity index (χ4v) is 4.88. The maximum absolute atomic E-state index is 4.23. The van der Waals surface area contributed by atoms with Gasteiger partial charge in [-0.15, -0.1) is 0 Å². The van der Waals surface area contributed by atoms with Crippen LogP contribution in [0.4, 0.5) is 0 Å². The average Bonchev–Trinajstić information content (AvgIpc) is 2.78. The predicted molar refractivity (Wildman–Crippen MR) is 143 cm³/mol.